The van der Waals surface area contributed by atoms with Crippen LogP contribution in [0.1, 0.15) is 31.0 Å². The number of benzene rings is 1. The van der Waals surface area contributed by atoms with Gasteiger partial charge in [-0.3, -0.25) is 9.36 Å². The van der Waals surface area contributed by atoms with Crippen LogP contribution in [0.2, 0.25) is 0 Å². The number of anilines is 1. The molecule has 0 aliphatic carbocycles. The Kier molecular flexibility index (Phi) is 4.83. The number of aryl methyl sites for hydroxylation is 1. The number of hydrogen-bond acceptors (Lipinski definition) is 4. The Morgan fingerprint density at radius 1 is 1.25 bits per heavy atom. The number of nitrogens with zero attached hydrogens (tertiary/aromatic N) is 3. The van der Waals surface area contributed by atoms with Crippen LogP contribution in [0.15, 0.2) is 29.1 Å². The predicted octanol–water partition coefficient (Wildman–Crippen LogP) is 2.60. The molecule has 5 nitrogen and oxygen atoms in total. The van der Waals surface area contributed by atoms with E-state index in [-0.39, 0.29) is 11.3 Å². The van der Waals surface area contributed by atoms with Crippen LogP contribution < -0.4 is 15.2 Å². The third kappa shape index (κ3) is 3.27. The first-order chi connectivity index (χ1) is 11.6. The van der Waals surface area contributed by atoms with Gasteiger partial charge in [0, 0.05) is 24.8 Å². The van der Waals surface area contributed by atoms with Crippen LogP contribution in [0.5, 0.6) is 5.75 Å². The van der Waals surface area contributed by atoms with E-state index >= 15 is 0 Å². The second kappa shape index (κ2) is 7.03. The second-order valence-corrected chi connectivity index (χ2v) is 5.99. The van der Waals surface area contributed by atoms with Crippen LogP contribution in [-0.2, 0) is 13.0 Å². The van der Waals surface area contributed by atoms with Crippen molar-refractivity contribution in [2.75, 3.05) is 25.1 Å². The Morgan fingerprint density at radius 3 is 2.62 bits per heavy atom. The van der Waals surface area contributed by atoms with Crippen LogP contribution >= 0.6 is 0 Å². The maximum absolute atomic E-state index is 13.9. The highest BCUT2D eigenvalue weighted by atomic mass is 19.1. The largest absolute Gasteiger partial charge is 0.494 e. The summed E-state index contributed by atoms with van der Waals surface area (Å²) in [5, 5.41) is 0. The molecule has 24 heavy (non-hydrogen) atoms. The molecule has 1 aromatic carbocycles. The molecular formula is C18H22FN3O2. The van der Waals surface area contributed by atoms with E-state index in [1.165, 1.54) is 13.2 Å². The van der Waals surface area contributed by atoms with Gasteiger partial charge in [-0.25, -0.2) is 9.37 Å². The fraction of sp³-hybridized carbons (Fsp3) is 0.444. The lowest BCUT2D eigenvalue weighted by atomic mass is 10.2. The molecule has 0 bridgehead atoms. The molecular weight excluding hydrogens is 309 g/mol. The van der Waals surface area contributed by atoms with Gasteiger partial charge in [-0.15, -0.1) is 0 Å². The number of aromatic nitrogens is 2. The van der Waals surface area contributed by atoms with Gasteiger partial charge < -0.3 is 9.64 Å². The van der Waals surface area contributed by atoms with E-state index in [0.29, 0.717) is 24.5 Å². The molecule has 1 aliphatic heterocycles. The van der Waals surface area contributed by atoms with E-state index in [9.17, 15) is 9.18 Å². The molecule has 0 radical (unpaired) electrons. The van der Waals surface area contributed by atoms with E-state index in [1.807, 2.05) is 6.92 Å². The zero-order valence-electron chi connectivity index (χ0n) is 14.1. The SMILES string of the molecule is CCc1cc(=O)n(Cc2ccc(OC)c(F)c2)c(N2CCCC2)n1. The molecule has 0 unspecified atom stereocenters. The van der Waals surface area contributed by atoms with E-state index < -0.39 is 5.82 Å². The summed E-state index contributed by atoms with van der Waals surface area (Å²) in [5.74, 6) is 0.460. The lowest BCUT2D eigenvalue weighted by Gasteiger charge is -2.22. The molecule has 6 heteroatoms. The fourth-order valence-corrected chi connectivity index (χ4v) is 3.02. The lowest BCUT2D eigenvalue weighted by molar-refractivity contribution is 0.386. The van der Waals surface area contributed by atoms with Crippen LogP contribution in [-0.4, -0.2) is 29.8 Å². The normalized spacial score (nSPS) is 14.2. The Hall–Kier alpha value is -2.37. The predicted molar refractivity (Wildman–Crippen MR) is 91.4 cm³/mol. The lowest BCUT2D eigenvalue weighted by Crippen LogP contribution is -2.31. The average molecular weight is 331 g/mol. The first-order valence-electron chi connectivity index (χ1n) is 8.30. The van der Waals surface area contributed by atoms with Gasteiger partial charge in [0.25, 0.3) is 5.56 Å². The standard InChI is InChI=1S/C18H22FN3O2/c1-3-14-11-17(23)22(18(20-14)21-8-4-5-9-21)12-13-6-7-16(24-2)15(19)10-13/h6-7,10-11H,3-5,8-9,12H2,1-2H3. The van der Waals surface area contributed by atoms with Gasteiger partial charge in [-0.2, -0.15) is 0 Å². The van der Waals surface area contributed by atoms with Gasteiger partial charge in [0.2, 0.25) is 5.95 Å². The van der Waals surface area contributed by atoms with Crippen molar-refractivity contribution in [3.05, 3.63) is 51.7 Å². The molecule has 128 valence electrons. The molecule has 0 amide bonds. The van der Waals surface area contributed by atoms with Gasteiger partial charge in [0.15, 0.2) is 11.6 Å². The molecule has 2 heterocycles. The molecule has 0 atom stereocenters. The first kappa shape index (κ1) is 16.5. The highest BCUT2D eigenvalue weighted by Crippen LogP contribution is 2.21. The Bertz CT molecular complexity index is 782. The Labute approximate surface area is 140 Å². The van der Waals surface area contributed by atoms with Crippen molar-refractivity contribution in [3.8, 4) is 5.75 Å². The smallest absolute Gasteiger partial charge is 0.255 e. The number of halogens is 1. The maximum Gasteiger partial charge on any atom is 0.255 e. The summed E-state index contributed by atoms with van der Waals surface area (Å²) in [6.07, 6.45) is 2.92. The highest BCUT2D eigenvalue weighted by Gasteiger charge is 2.19. The van der Waals surface area contributed by atoms with Crippen LogP contribution in [0, 0.1) is 5.82 Å². The van der Waals surface area contributed by atoms with E-state index in [2.05, 4.69) is 9.88 Å². The van der Waals surface area contributed by atoms with Crippen molar-refractivity contribution in [2.45, 2.75) is 32.7 Å². The monoisotopic (exact) mass is 331 g/mol. The number of methoxy groups -OCH3 is 1. The summed E-state index contributed by atoms with van der Waals surface area (Å²) < 4.78 is 20.5. The molecule has 0 saturated carbocycles. The minimum atomic E-state index is -0.427. The molecule has 1 saturated heterocycles. The topological polar surface area (TPSA) is 47.4 Å². The number of ether oxygens (including phenoxy) is 1. The summed E-state index contributed by atoms with van der Waals surface area (Å²) in [6.45, 7) is 4.08. The van der Waals surface area contributed by atoms with Crippen molar-refractivity contribution in [1.29, 1.82) is 0 Å². The Balaban J connectivity index is 2.00. The van der Waals surface area contributed by atoms with Gasteiger partial charge in [-0.1, -0.05) is 13.0 Å². The molecule has 1 aromatic heterocycles. The third-order valence-electron chi connectivity index (χ3n) is 4.35. The summed E-state index contributed by atoms with van der Waals surface area (Å²) in [4.78, 5) is 19.4. The minimum Gasteiger partial charge on any atom is -0.494 e. The third-order valence-corrected chi connectivity index (χ3v) is 4.35. The second-order valence-electron chi connectivity index (χ2n) is 5.99. The zero-order valence-corrected chi connectivity index (χ0v) is 14.1. The fourth-order valence-electron chi connectivity index (χ4n) is 3.02. The van der Waals surface area contributed by atoms with E-state index in [1.54, 1.807) is 22.8 Å². The van der Waals surface area contributed by atoms with Crippen molar-refractivity contribution in [2.24, 2.45) is 0 Å². The zero-order chi connectivity index (χ0) is 17.1. The number of hydrogen-bond donors (Lipinski definition) is 0. The molecule has 1 fully saturated rings. The van der Waals surface area contributed by atoms with E-state index in [0.717, 1.165) is 31.6 Å². The highest BCUT2D eigenvalue weighted by molar-refractivity contribution is 5.36. The number of rotatable bonds is 5. The van der Waals surface area contributed by atoms with Crippen molar-refractivity contribution in [1.82, 2.24) is 9.55 Å². The van der Waals surface area contributed by atoms with Gasteiger partial charge in [0.05, 0.1) is 13.7 Å². The van der Waals surface area contributed by atoms with Gasteiger partial charge >= 0.3 is 0 Å². The molecule has 1 aliphatic rings. The average Bonchev–Trinajstić information content (AvgIpc) is 3.11. The van der Waals surface area contributed by atoms with Crippen LogP contribution in [0.4, 0.5) is 10.3 Å². The Morgan fingerprint density at radius 2 is 2.00 bits per heavy atom. The summed E-state index contributed by atoms with van der Waals surface area (Å²) in [7, 11) is 1.43. The minimum absolute atomic E-state index is 0.0972. The van der Waals surface area contributed by atoms with Gasteiger partial charge in [0.1, 0.15) is 0 Å². The van der Waals surface area contributed by atoms with Crippen LogP contribution in [0.3, 0.4) is 0 Å². The van der Waals surface area contributed by atoms with Crippen molar-refractivity contribution >= 4 is 5.95 Å². The summed E-state index contributed by atoms with van der Waals surface area (Å²) in [5.41, 5.74) is 1.40. The first-order valence-corrected chi connectivity index (χ1v) is 8.30. The maximum atomic E-state index is 13.9. The van der Waals surface area contributed by atoms with E-state index in [4.69, 9.17) is 4.74 Å². The molecule has 2 aromatic rings. The summed E-state index contributed by atoms with van der Waals surface area (Å²) in [6, 6.07) is 6.33. The van der Waals surface area contributed by atoms with Crippen molar-refractivity contribution in [3.63, 3.8) is 0 Å². The van der Waals surface area contributed by atoms with Crippen molar-refractivity contribution < 1.29 is 9.13 Å². The molecule has 3 rings (SSSR count). The molecule has 0 spiro atoms. The van der Waals surface area contributed by atoms with Gasteiger partial charge in [-0.05, 0) is 37.0 Å². The molecule has 0 N–H and O–H groups in total. The quantitative estimate of drug-likeness (QED) is 0.845. The summed E-state index contributed by atoms with van der Waals surface area (Å²) >= 11 is 0. The van der Waals surface area contributed by atoms with Crippen LogP contribution in [0.25, 0.3) is 0 Å².